The first-order valence-electron chi connectivity index (χ1n) is 6.30. The summed E-state index contributed by atoms with van der Waals surface area (Å²) in [6.45, 7) is 3.34. The average Bonchev–Trinajstić information content (AvgIpc) is 2.43. The molecule has 0 N–H and O–H groups in total. The molecule has 0 unspecified atom stereocenters. The molecule has 19 heavy (non-hydrogen) atoms. The third kappa shape index (κ3) is 5.81. The molecule has 108 valence electrons. The van der Waals surface area contributed by atoms with Crippen LogP contribution in [0.2, 0.25) is 0 Å². The first-order valence-corrected chi connectivity index (χ1v) is 8.21. The molecular formula is C14H21Br2NO2. The van der Waals surface area contributed by atoms with Crippen LogP contribution in [0.25, 0.3) is 0 Å². The van der Waals surface area contributed by atoms with Gasteiger partial charge >= 0.3 is 0 Å². The SMILES string of the molecule is COCCCN(CCOC)c1ccc(CBr)cc1Br. The smallest absolute Gasteiger partial charge is 0.0637 e. The Kier molecular flexibility index (Phi) is 8.70. The zero-order chi connectivity index (χ0) is 14.1. The molecule has 0 amide bonds. The molecular weight excluding hydrogens is 374 g/mol. The van der Waals surface area contributed by atoms with Gasteiger partial charge in [-0.15, -0.1) is 0 Å². The van der Waals surface area contributed by atoms with Crippen LogP contribution in [0.3, 0.4) is 0 Å². The Balaban J connectivity index is 2.77. The van der Waals surface area contributed by atoms with E-state index in [-0.39, 0.29) is 0 Å². The predicted molar refractivity (Wildman–Crippen MR) is 87.4 cm³/mol. The summed E-state index contributed by atoms with van der Waals surface area (Å²) >= 11 is 7.13. The van der Waals surface area contributed by atoms with Crippen molar-refractivity contribution in [3.8, 4) is 0 Å². The molecule has 0 aliphatic heterocycles. The Hall–Kier alpha value is -0.100. The van der Waals surface area contributed by atoms with Crippen LogP contribution in [0, 0.1) is 0 Å². The van der Waals surface area contributed by atoms with Gasteiger partial charge < -0.3 is 14.4 Å². The number of methoxy groups -OCH3 is 2. The second-order valence-corrected chi connectivity index (χ2v) is 5.66. The van der Waals surface area contributed by atoms with Gasteiger partial charge in [0.05, 0.1) is 12.3 Å². The van der Waals surface area contributed by atoms with Crippen LogP contribution in [0.15, 0.2) is 22.7 Å². The van der Waals surface area contributed by atoms with E-state index in [1.807, 2.05) is 0 Å². The number of benzene rings is 1. The fraction of sp³-hybridized carbons (Fsp3) is 0.571. The normalized spacial score (nSPS) is 10.7. The van der Waals surface area contributed by atoms with Crippen molar-refractivity contribution in [1.82, 2.24) is 0 Å². The number of halogens is 2. The van der Waals surface area contributed by atoms with Crippen LogP contribution in [0.4, 0.5) is 5.69 Å². The summed E-state index contributed by atoms with van der Waals surface area (Å²) in [7, 11) is 3.47. The lowest BCUT2D eigenvalue weighted by Gasteiger charge is -2.26. The van der Waals surface area contributed by atoms with Crippen LogP contribution in [-0.2, 0) is 14.8 Å². The first-order chi connectivity index (χ1) is 9.22. The molecule has 5 heteroatoms. The highest BCUT2D eigenvalue weighted by Gasteiger charge is 2.10. The number of ether oxygens (including phenoxy) is 2. The summed E-state index contributed by atoms with van der Waals surface area (Å²) in [4.78, 5) is 2.32. The van der Waals surface area contributed by atoms with E-state index in [0.29, 0.717) is 0 Å². The maximum atomic E-state index is 5.19. The van der Waals surface area contributed by atoms with Gasteiger partial charge in [0.25, 0.3) is 0 Å². The van der Waals surface area contributed by atoms with Crippen LogP contribution >= 0.6 is 31.9 Å². The van der Waals surface area contributed by atoms with E-state index in [9.17, 15) is 0 Å². The van der Waals surface area contributed by atoms with E-state index < -0.39 is 0 Å². The summed E-state index contributed by atoms with van der Waals surface area (Å²) in [6.07, 6.45) is 1.01. The first kappa shape index (κ1) is 17.0. The van der Waals surface area contributed by atoms with Crippen molar-refractivity contribution in [1.29, 1.82) is 0 Å². The Morgan fingerprint density at radius 2 is 1.84 bits per heavy atom. The Labute approximate surface area is 132 Å². The molecule has 0 fully saturated rings. The lowest BCUT2D eigenvalue weighted by atomic mass is 10.2. The molecule has 0 saturated heterocycles. The zero-order valence-electron chi connectivity index (χ0n) is 11.5. The number of anilines is 1. The molecule has 1 aromatic carbocycles. The molecule has 0 radical (unpaired) electrons. The van der Waals surface area contributed by atoms with Gasteiger partial charge in [0.1, 0.15) is 0 Å². The van der Waals surface area contributed by atoms with E-state index in [2.05, 4.69) is 55.0 Å². The second-order valence-electron chi connectivity index (χ2n) is 4.25. The molecule has 0 bridgehead atoms. The van der Waals surface area contributed by atoms with Crippen molar-refractivity contribution in [3.63, 3.8) is 0 Å². The molecule has 1 aromatic rings. The summed E-state index contributed by atoms with van der Waals surface area (Å²) in [5.74, 6) is 0. The number of nitrogens with zero attached hydrogens (tertiary/aromatic N) is 1. The van der Waals surface area contributed by atoms with Crippen LogP contribution in [0.1, 0.15) is 12.0 Å². The van der Waals surface area contributed by atoms with Gasteiger partial charge in [-0.25, -0.2) is 0 Å². The molecule has 0 spiro atoms. The summed E-state index contributed by atoms with van der Waals surface area (Å²) in [5.41, 5.74) is 2.47. The molecule has 0 aliphatic rings. The quantitative estimate of drug-likeness (QED) is 0.469. The van der Waals surface area contributed by atoms with Crippen LogP contribution in [0.5, 0.6) is 0 Å². The van der Waals surface area contributed by atoms with Crippen molar-refractivity contribution < 1.29 is 9.47 Å². The van der Waals surface area contributed by atoms with Crippen molar-refractivity contribution in [3.05, 3.63) is 28.2 Å². The number of alkyl halides is 1. The van der Waals surface area contributed by atoms with E-state index in [1.165, 1.54) is 11.3 Å². The van der Waals surface area contributed by atoms with E-state index >= 15 is 0 Å². The Morgan fingerprint density at radius 1 is 1.11 bits per heavy atom. The highest BCUT2D eigenvalue weighted by molar-refractivity contribution is 9.10. The number of rotatable bonds is 9. The monoisotopic (exact) mass is 393 g/mol. The van der Waals surface area contributed by atoms with Crippen molar-refractivity contribution >= 4 is 37.5 Å². The van der Waals surface area contributed by atoms with Gasteiger partial charge in [-0.1, -0.05) is 22.0 Å². The van der Waals surface area contributed by atoms with Crippen molar-refractivity contribution in [2.24, 2.45) is 0 Å². The fourth-order valence-electron chi connectivity index (χ4n) is 1.84. The molecule has 1 rings (SSSR count). The van der Waals surface area contributed by atoms with E-state index in [1.54, 1.807) is 14.2 Å². The second kappa shape index (κ2) is 9.75. The standard InChI is InChI=1S/C14H21Br2NO2/c1-18-8-3-6-17(7-9-19-2)14-5-4-12(11-15)10-13(14)16/h4-5,10H,3,6-9,11H2,1-2H3. The summed E-state index contributed by atoms with van der Waals surface area (Å²) < 4.78 is 11.4. The van der Waals surface area contributed by atoms with Crippen LogP contribution < -0.4 is 4.90 Å². The van der Waals surface area contributed by atoms with Crippen molar-refractivity contribution in [2.45, 2.75) is 11.8 Å². The number of hydrogen-bond acceptors (Lipinski definition) is 3. The minimum absolute atomic E-state index is 0.722. The Bertz CT molecular complexity index is 374. The minimum Gasteiger partial charge on any atom is -0.385 e. The highest BCUT2D eigenvalue weighted by Crippen LogP contribution is 2.28. The van der Waals surface area contributed by atoms with Crippen molar-refractivity contribution in [2.75, 3.05) is 45.4 Å². The lowest BCUT2D eigenvalue weighted by Crippen LogP contribution is -2.29. The largest absolute Gasteiger partial charge is 0.385 e. The maximum Gasteiger partial charge on any atom is 0.0637 e. The Morgan fingerprint density at radius 3 is 2.42 bits per heavy atom. The third-order valence-electron chi connectivity index (χ3n) is 2.85. The molecule has 3 nitrogen and oxygen atoms in total. The van der Waals surface area contributed by atoms with Gasteiger partial charge in [-0.2, -0.15) is 0 Å². The van der Waals surface area contributed by atoms with Gasteiger partial charge in [0, 0.05) is 43.7 Å². The topological polar surface area (TPSA) is 21.7 Å². The number of hydrogen-bond donors (Lipinski definition) is 0. The fourth-order valence-corrected chi connectivity index (χ4v) is 2.87. The maximum absolute atomic E-state index is 5.19. The molecule has 0 saturated carbocycles. The summed E-state index contributed by atoms with van der Waals surface area (Å²) in [5, 5.41) is 0.869. The lowest BCUT2D eigenvalue weighted by molar-refractivity contribution is 0.191. The molecule has 0 aliphatic carbocycles. The van der Waals surface area contributed by atoms with Gasteiger partial charge in [0.2, 0.25) is 0 Å². The van der Waals surface area contributed by atoms with E-state index in [0.717, 1.165) is 42.5 Å². The molecule has 0 atom stereocenters. The zero-order valence-corrected chi connectivity index (χ0v) is 14.7. The van der Waals surface area contributed by atoms with Gasteiger partial charge in [-0.3, -0.25) is 0 Å². The third-order valence-corrected chi connectivity index (χ3v) is 4.13. The van der Waals surface area contributed by atoms with Gasteiger partial charge in [0.15, 0.2) is 0 Å². The summed E-state index contributed by atoms with van der Waals surface area (Å²) in [6, 6.07) is 6.45. The van der Waals surface area contributed by atoms with Gasteiger partial charge in [-0.05, 0) is 40.0 Å². The van der Waals surface area contributed by atoms with Crippen LogP contribution in [-0.4, -0.2) is 40.5 Å². The average molecular weight is 395 g/mol. The molecule has 0 aromatic heterocycles. The molecule has 0 heterocycles. The predicted octanol–water partition coefficient (Wildman–Crippen LogP) is 3.83. The minimum atomic E-state index is 0.722. The highest BCUT2D eigenvalue weighted by atomic mass is 79.9. The van der Waals surface area contributed by atoms with E-state index in [4.69, 9.17) is 9.47 Å².